The summed E-state index contributed by atoms with van der Waals surface area (Å²) in [6.07, 6.45) is 1.62. The van der Waals surface area contributed by atoms with E-state index in [9.17, 15) is 14.0 Å². The van der Waals surface area contributed by atoms with E-state index < -0.39 is 11.9 Å². The quantitative estimate of drug-likeness (QED) is 0.888. The Morgan fingerprint density at radius 2 is 2.04 bits per heavy atom. The second kappa shape index (κ2) is 7.88. The molecule has 0 unspecified atom stereocenters. The molecule has 2 rings (SSSR count). The summed E-state index contributed by atoms with van der Waals surface area (Å²) in [5.74, 6) is -0.854. The van der Waals surface area contributed by atoms with E-state index in [1.807, 2.05) is 12.1 Å². The number of aromatic nitrogens is 1. The topological polar surface area (TPSA) is 80.3 Å². The fourth-order valence-electron chi connectivity index (χ4n) is 1.87. The Hall–Kier alpha value is -2.96. The van der Waals surface area contributed by atoms with E-state index in [1.54, 1.807) is 12.3 Å². The number of halogens is 1. The van der Waals surface area contributed by atoms with Gasteiger partial charge in [-0.1, -0.05) is 6.07 Å². The van der Waals surface area contributed by atoms with E-state index >= 15 is 0 Å². The molecule has 0 saturated heterocycles. The van der Waals surface area contributed by atoms with Gasteiger partial charge >= 0.3 is 6.09 Å². The molecule has 0 fully saturated rings. The maximum atomic E-state index is 13.6. The summed E-state index contributed by atoms with van der Waals surface area (Å²) in [6.45, 7) is 0. The Bertz CT molecular complexity index is 692. The van der Waals surface area contributed by atoms with Crippen LogP contribution in [0.2, 0.25) is 0 Å². The lowest BCUT2D eigenvalue weighted by Crippen LogP contribution is -2.15. The Morgan fingerprint density at radius 1 is 1.22 bits per heavy atom. The van der Waals surface area contributed by atoms with Crippen molar-refractivity contribution < 1.29 is 18.7 Å². The van der Waals surface area contributed by atoms with Crippen molar-refractivity contribution in [3.05, 3.63) is 54.1 Å². The van der Waals surface area contributed by atoms with Gasteiger partial charge in [-0.15, -0.1) is 0 Å². The summed E-state index contributed by atoms with van der Waals surface area (Å²) in [4.78, 5) is 27.2. The zero-order valence-corrected chi connectivity index (χ0v) is 12.5. The highest BCUT2D eigenvalue weighted by atomic mass is 19.1. The number of carbonyl (C=O) groups is 2. The van der Waals surface area contributed by atoms with E-state index in [-0.39, 0.29) is 18.0 Å². The number of nitrogens with one attached hydrogen (secondary N) is 2. The van der Waals surface area contributed by atoms with Crippen LogP contribution in [0.5, 0.6) is 0 Å². The van der Waals surface area contributed by atoms with Crippen LogP contribution >= 0.6 is 0 Å². The van der Waals surface area contributed by atoms with Crippen molar-refractivity contribution in [1.82, 2.24) is 4.98 Å². The second-order valence-corrected chi connectivity index (χ2v) is 4.68. The first-order valence-corrected chi connectivity index (χ1v) is 6.93. The highest BCUT2D eigenvalue weighted by Gasteiger charge is 2.10. The predicted molar refractivity (Wildman–Crippen MR) is 83.6 cm³/mol. The molecule has 1 heterocycles. The third-order valence-electron chi connectivity index (χ3n) is 3.01. The van der Waals surface area contributed by atoms with E-state index in [1.165, 1.54) is 19.2 Å². The van der Waals surface area contributed by atoms with Crippen molar-refractivity contribution in [2.24, 2.45) is 0 Å². The zero-order chi connectivity index (χ0) is 16.7. The molecule has 0 saturated carbocycles. The number of anilines is 2. The van der Waals surface area contributed by atoms with Gasteiger partial charge in [0.1, 0.15) is 5.82 Å². The summed E-state index contributed by atoms with van der Waals surface area (Å²) in [6, 6.07) is 9.38. The molecule has 0 aliphatic carbocycles. The number of methoxy groups -OCH3 is 1. The smallest absolute Gasteiger partial charge is 0.411 e. The average Bonchev–Trinajstić information content (AvgIpc) is 2.57. The van der Waals surface area contributed by atoms with E-state index in [2.05, 4.69) is 20.4 Å². The number of amides is 2. The van der Waals surface area contributed by atoms with Crippen molar-refractivity contribution >= 4 is 23.4 Å². The number of hydrogen-bond acceptors (Lipinski definition) is 4. The summed E-state index contributed by atoms with van der Waals surface area (Å²) >= 11 is 0. The third kappa shape index (κ3) is 5.06. The van der Waals surface area contributed by atoms with Gasteiger partial charge in [-0.25, -0.2) is 9.18 Å². The largest absolute Gasteiger partial charge is 0.453 e. The van der Waals surface area contributed by atoms with Gasteiger partial charge in [0.05, 0.1) is 12.8 Å². The lowest BCUT2D eigenvalue weighted by molar-refractivity contribution is -0.116. The maximum absolute atomic E-state index is 13.6. The number of ether oxygens (including phenoxy) is 1. The number of rotatable bonds is 5. The Kier molecular flexibility index (Phi) is 5.62. The highest BCUT2D eigenvalue weighted by molar-refractivity contribution is 5.92. The van der Waals surface area contributed by atoms with Crippen LogP contribution in [0.25, 0.3) is 0 Å². The standard InChI is InChI=1S/C16H16FN3O3/c1-23-16(22)20-14-10-12(5-7-13(14)17)19-15(21)8-6-11-4-2-3-9-18-11/h2-5,7,9-10H,6,8H2,1H3,(H,19,21)(H,20,22). The van der Waals surface area contributed by atoms with Crippen LogP contribution in [0.15, 0.2) is 42.6 Å². The van der Waals surface area contributed by atoms with Crippen LogP contribution < -0.4 is 10.6 Å². The number of benzene rings is 1. The Labute approximate surface area is 132 Å². The third-order valence-corrected chi connectivity index (χ3v) is 3.01. The van der Waals surface area contributed by atoms with Gasteiger partial charge in [0.15, 0.2) is 0 Å². The normalized spacial score (nSPS) is 10.0. The zero-order valence-electron chi connectivity index (χ0n) is 12.5. The van der Waals surface area contributed by atoms with E-state index in [4.69, 9.17) is 0 Å². The number of pyridine rings is 1. The lowest BCUT2D eigenvalue weighted by atomic mass is 10.2. The van der Waals surface area contributed by atoms with Crippen molar-refractivity contribution in [3.63, 3.8) is 0 Å². The molecule has 2 amide bonds. The first-order chi connectivity index (χ1) is 11.1. The molecule has 7 heteroatoms. The highest BCUT2D eigenvalue weighted by Crippen LogP contribution is 2.20. The Balaban J connectivity index is 1.95. The van der Waals surface area contributed by atoms with Gasteiger partial charge < -0.3 is 10.1 Å². The van der Waals surface area contributed by atoms with Crippen LogP contribution in [0.1, 0.15) is 12.1 Å². The molecular formula is C16H16FN3O3. The molecule has 0 spiro atoms. The monoisotopic (exact) mass is 317 g/mol. The molecule has 6 nitrogen and oxygen atoms in total. The fourth-order valence-corrected chi connectivity index (χ4v) is 1.87. The van der Waals surface area contributed by atoms with Crippen LogP contribution in [0.3, 0.4) is 0 Å². The maximum Gasteiger partial charge on any atom is 0.411 e. The molecular weight excluding hydrogens is 301 g/mol. The number of nitrogens with zero attached hydrogens (tertiary/aromatic N) is 1. The molecule has 2 aromatic rings. The van der Waals surface area contributed by atoms with E-state index in [0.29, 0.717) is 12.1 Å². The van der Waals surface area contributed by atoms with Crippen LogP contribution in [0, 0.1) is 5.82 Å². The summed E-state index contributed by atoms with van der Waals surface area (Å²) in [7, 11) is 1.18. The summed E-state index contributed by atoms with van der Waals surface area (Å²) in [5.41, 5.74) is 1.12. The predicted octanol–water partition coefficient (Wildman–Crippen LogP) is 2.97. The van der Waals surface area contributed by atoms with Crippen molar-refractivity contribution in [3.8, 4) is 0 Å². The van der Waals surface area contributed by atoms with Gasteiger partial charge in [-0.2, -0.15) is 0 Å². The van der Waals surface area contributed by atoms with Crippen molar-refractivity contribution in [2.75, 3.05) is 17.7 Å². The van der Waals surface area contributed by atoms with Gasteiger partial charge in [0.2, 0.25) is 5.91 Å². The van der Waals surface area contributed by atoms with Crippen molar-refractivity contribution in [1.29, 1.82) is 0 Å². The molecule has 1 aromatic carbocycles. The minimum atomic E-state index is -0.789. The Morgan fingerprint density at radius 3 is 2.74 bits per heavy atom. The molecule has 2 N–H and O–H groups in total. The van der Waals surface area contributed by atoms with Gasteiger partial charge in [-0.05, 0) is 36.8 Å². The minimum Gasteiger partial charge on any atom is -0.453 e. The molecule has 0 aliphatic rings. The summed E-state index contributed by atoms with van der Waals surface area (Å²) in [5, 5.41) is 4.88. The van der Waals surface area contributed by atoms with Gasteiger partial charge in [-0.3, -0.25) is 15.1 Å². The minimum absolute atomic E-state index is 0.0700. The number of aryl methyl sites for hydroxylation is 1. The molecule has 0 bridgehead atoms. The second-order valence-electron chi connectivity index (χ2n) is 4.68. The lowest BCUT2D eigenvalue weighted by Gasteiger charge is -2.09. The fraction of sp³-hybridized carbons (Fsp3) is 0.188. The van der Waals surface area contributed by atoms with Gasteiger partial charge in [0, 0.05) is 24.0 Å². The molecule has 0 aliphatic heterocycles. The first-order valence-electron chi connectivity index (χ1n) is 6.93. The van der Waals surface area contributed by atoms with Gasteiger partial charge in [0.25, 0.3) is 0 Å². The van der Waals surface area contributed by atoms with Crippen LogP contribution in [-0.2, 0) is 16.0 Å². The van der Waals surface area contributed by atoms with E-state index in [0.717, 1.165) is 11.8 Å². The molecule has 0 radical (unpaired) electrons. The molecule has 120 valence electrons. The molecule has 23 heavy (non-hydrogen) atoms. The summed E-state index contributed by atoms with van der Waals surface area (Å²) < 4.78 is 18.0. The number of hydrogen-bond donors (Lipinski definition) is 2. The molecule has 0 atom stereocenters. The average molecular weight is 317 g/mol. The SMILES string of the molecule is COC(=O)Nc1cc(NC(=O)CCc2ccccn2)ccc1F. The van der Waals surface area contributed by atoms with Crippen molar-refractivity contribution in [2.45, 2.75) is 12.8 Å². The van der Waals surface area contributed by atoms with Crippen LogP contribution in [-0.4, -0.2) is 24.1 Å². The number of carbonyl (C=O) groups excluding carboxylic acids is 2. The first kappa shape index (κ1) is 16.4. The van der Waals surface area contributed by atoms with Crippen LogP contribution in [0.4, 0.5) is 20.6 Å². The molecule has 1 aromatic heterocycles.